The number of nitrogens with zero attached hydrogens (tertiary/aromatic N) is 2. The average molecular weight is 412 g/mol. The van der Waals surface area contributed by atoms with Gasteiger partial charge in [0, 0.05) is 24.6 Å². The number of carbonyl (C=O) groups is 1. The Morgan fingerprint density at radius 2 is 1.97 bits per heavy atom. The van der Waals surface area contributed by atoms with E-state index in [-0.39, 0.29) is 23.9 Å². The van der Waals surface area contributed by atoms with Crippen molar-refractivity contribution in [1.82, 2.24) is 15.4 Å². The Bertz CT molecular complexity index is 852. The molecule has 1 saturated carbocycles. The van der Waals surface area contributed by atoms with Crippen molar-refractivity contribution in [2.45, 2.75) is 77.1 Å². The van der Waals surface area contributed by atoms with Crippen molar-refractivity contribution in [2.24, 2.45) is 5.92 Å². The number of amides is 1. The topological polar surface area (TPSA) is 78.6 Å². The minimum atomic E-state index is -0.982. The fourth-order valence-electron chi connectivity index (χ4n) is 5.07. The van der Waals surface area contributed by atoms with Gasteiger partial charge in [-0.05, 0) is 45.6 Å². The van der Waals surface area contributed by atoms with Crippen LogP contribution in [0.25, 0.3) is 0 Å². The summed E-state index contributed by atoms with van der Waals surface area (Å²) in [5, 5.41) is 18.7. The highest BCUT2D eigenvalue weighted by atomic mass is 16.5. The monoisotopic (exact) mass is 411 g/mol. The standard InChI is InChI=1S/C24H33N3O3/c1-16-20(17(2)30-26-16)15-27-14-13-24(3,29)22(21(27)18-9-5-4-6-10-18)25-23(28)19-11-7-8-12-19/h4-6,9-10,19,21-22,29H,7-8,11-15H2,1-3H3,(H,25,28)/t21-,22-,24+/m0/s1. The van der Waals surface area contributed by atoms with Crippen molar-refractivity contribution >= 4 is 5.91 Å². The fraction of sp³-hybridized carbons (Fsp3) is 0.583. The van der Waals surface area contributed by atoms with Gasteiger partial charge in [0.05, 0.1) is 23.4 Å². The lowest BCUT2D eigenvalue weighted by molar-refractivity contribution is -0.132. The zero-order valence-corrected chi connectivity index (χ0v) is 18.2. The number of nitrogens with one attached hydrogen (secondary N) is 1. The van der Waals surface area contributed by atoms with Crippen LogP contribution in [0.2, 0.25) is 0 Å². The van der Waals surface area contributed by atoms with E-state index in [9.17, 15) is 9.90 Å². The lowest BCUT2D eigenvalue weighted by Crippen LogP contribution is -2.62. The van der Waals surface area contributed by atoms with Gasteiger partial charge in [-0.25, -0.2) is 0 Å². The van der Waals surface area contributed by atoms with E-state index in [1.165, 1.54) is 0 Å². The maximum absolute atomic E-state index is 13.0. The van der Waals surface area contributed by atoms with Gasteiger partial charge in [-0.2, -0.15) is 0 Å². The van der Waals surface area contributed by atoms with Crippen LogP contribution in [-0.4, -0.2) is 39.3 Å². The van der Waals surface area contributed by atoms with Crippen LogP contribution in [0.3, 0.4) is 0 Å². The largest absolute Gasteiger partial charge is 0.388 e. The maximum Gasteiger partial charge on any atom is 0.223 e. The molecule has 2 fully saturated rings. The number of carbonyl (C=O) groups excluding carboxylic acids is 1. The lowest BCUT2D eigenvalue weighted by atomic mass is 9.79. The number of hydrogen-bond donors (Lipinski definition) is 2. The van der Waals surface area contributed by atoms with E-state index in [4.69, 9.17) is 4.52 Å². The summed E-state index contributed by atoms with van der Waals surface area (Å²) in [6, 6.07) is 9.68. The van der Waals surface area contributed by atoms with Gasteiger partial charge in [-0.15, -0.1) is 0 Å². The molecule has 0 unspecified atom stereocenters. The molecule has 1 aromatic heterocycles. The Kier molecular flexibility index (Phi) is 5.98. The van der Waals surface area contributed by atoms with E-state index in [2.05, 4.69) is 27.5 Å². The Hall–Kier alpha value is -2.18. The van der Waals surface area contributed by atoms with Gasteiger partial charge in [-0.1, -0.05) is 48.3 Å². The first-order valence-electron chi connectivity index (χ1n) is 11.1. The molecule has 3 atom stereocenters. The van der Waals surface area contributed by atoms with Gasteiger partial charge < -0.3 is 14.9 Å². The maximum atomic E-state index is 13.0. The molecule has 1 aliphatic heterocycles. The zero-order chi connectivity index (χ0) is 21.3. The minimum Gasteiger partial charge on any atom is -0.388 e. The first-order valence-corrected chi connectivity index (χ1v) is 11.1. The van der Waals surface area contributed by atoms with E-state index >= 15 is 0 Å². The fourth-order valence-corrected chi connectivity index (χ4v) is 5.07. The molecule has 2 aliphatic rings. The van der Waals surface area contributed by atoms with E-state index in [0.717, 1.165) is 54.8 Å². The number of rotatable bonds is 5. The molecule has 1 aromatic carbocycles. The summed E-state index contributed by atoms with van der Waals surface area (Å²) in [6.07, 6.45) is 4.70. The molecule has 2 heterocycles. The molecule has 4 rings (SSSR count). The number of likely N-dealkylation sites (tertiary alicyclic amines) is 1. The van der Waals surface area contributed by atoms with Gasteiger partial charge in [0.15, 0.2) is 0 Å². The number of aliphatic hydroxyl groups is 1. The Morgan fingerprint density at radius 3 is 2.60 bits per heavy atom. The van der Waals surface area contributed by atoms with Crippen molar-refractivity contribution in [2.75, 3.05) is 6.54 Å². The second kappa shape index (κ2) is 8.52. The Morgan fingerprint density at radius 1 is 1.27 bits per heavy atom. The number of hydrogen-bond acceptors (Lipinski definition) is 5. The zero-order valence-electron chi connectivity index (χ0n) is 18.2. The van der Waals surface area contributed by atoms with E-state index in [1.54, 1.807) is 0 Å². The van der Waals surface area contributed by atoms with E-state index in [1.807, 2.05) is 39.0 Å². The molecule has 0 radical (unpaired) electrons. The van der Waals surface area contributed by atoms with Gasteiger partial charge >= 0.3 is 0 Å². The van der Waals surface area contributed by atoms with Crippen LogP contribution in [0, 0.1) is 19.8 Å². The SMILES string of the molecule is Cc1noc(C)c1CN1CC[C@@](C)(O)[C@@H](NC(=O)C2CCCC2)[C@@H]1c1ccccc1. The highest BCUT2D eigenvalue weighted by Gasteiger charge is 2.47. The first kappa shape index (κ1) is 21.1. The van der Waals surface area contributed by atoms with Gasteiger partial charge in [-0.3, -0.25) is 9.69 Å². The van der Waals surface area contributed by atoms with Gasteiger partial charge in [0.25, 0.3) is 0 Å². The third-order valence-electron chi connectivity index (χ3n) is 6.99. The Balaban J connectivity index is 1.67. The van der Waals surface area contributed by atoms with Crippen LogP contribution < -0.4 is 5.32 Å². The van der Waals surface area contributed by atoms with Crippen molar-refractivity contribution < 1.29 is 14.4 Å². The lowest BCUT2D eigenvalue weighted by Gasteiger charge is -2.49. The summed E-state index contributed by atoms with van der Waals surface area (Å²) >= 11 is 0. The second-order valence-electron chi connectivity index (χ2n) is 9.20. The number of aryl methyl sites for hydroxylation is 2. The van der Waals surface area contributed by atoms with E-state index in [0.29, 0.717) is 13.0 Å². The number of piperidine rings is 1. The molecule has 30 heavy (non-hydrogen) atoms. The molecule has 0 spiro atoms. The molecule has 1 aliphatic carbocycles. The molecule has 1 saturated heterocycles. The second-order valence-corrected chi connectivity index (χ2v) is 9.20. The van der Waals surface area contributed by atoms with Gasteiger partial charge in [0.2, 0.25) is 5.91 Å². The van der Waals surface area contributed by atoms with Crippen molar-refractivity contribution in [3.63, 3.8) is 0 Å². The summed E-state index contributed by atoms with van der Waals surface area (Å²) < 4.78 is 5.38. The van der Waals surface area contributed by atoms with Crippen LogP contribution >= 0.6 is 0 Å². The normalized spacial score (nSPS) is 28.0. The number of aromatic nitrogens is 1. The molecule has 2 aromatic rings. The summed E-state index contributed by atoms with van der Waals surface area (Å²) in [7, 11) is 0. The third-order valence-corrected chi connectivity index (χ3v) is 6.99. The molecule has 162 valence electrons. The van der Waals surface area contributed by atoms with Crippen molar-refractivity contribution in [3.8, 4) is 0 Å². The molecule has 6 nitrogen and oxygen atoms in total. The predicted molar refractivity (Wildman–Crippen MR) is 115 cm³/mol. The first-order chi connectivity index (χ1) is 14.4. The third kappa shape index (κ3) is 4.16. The van der Waals surface area contributed by atoms with Crippen molar-refractivity contribution in [1.29, 1.82) is 0 Å². The van der Waals surface area contributed by atoms with Gasteiger partial charge in [0.1, 0.15) is 5.76 Å². The smallest absolute Gasteiger partial charge is 0.223 e. The summed E-state index contributed by atoms with van der Waals surface area (Å²) in [4.78, 5) is 15.4. The summed E-state index contributed by atoms with van der Waals surface area (Å²) in [5.74, 6) is 0.969. The molecule has 0 bridgehead atoms. The predicted octanol–water partition coefficient (Wildman–Crippen LogP) is 3.66. The molecular weight excluding hydrogens is 378 g/mol. The molecule has 2 N–H and O–H groups in total. The summed E-state index contributed by atoms with van der Waals surface area (Å²) in [6.45, 7) is 7.16. The van der Waals surface area contributed by atoms with Crippen LogP contribution in [-0.2, 0) is 11.3 Å². The van der Waals surface area contributed by atoms with E-state index < -0.39 is 5.60 Å². The van der Waals surface area contributed by atoms with Crippen LogP contribution in [0.5, 0.6) is 0 Å². The Labute approximate surface area is 178 Å². The highest BCUT2D eigenvalue weighted by molar-refractivity contribution is 5.79. The van der Waals surface area contributed by atoms with Crippen LogP contribution in [0.1, 0.15) is 67.7 Å². The average Bonchev–Trinajstić information content (AvgIpc) is 3.37. The van der Waals surface area contributed by atoms with Crippen molar-refractivity contribution in [3.05, 3.63) is 52.9 Å². The molecular formula is C24H33N3O3. The molecule has 1 amide bonds. The highest BCUT2D eigenvalue weighted by Crippen LogP contribution is 2.39. The van der Waals surface area contributed by atoms with Crippen LogP contribution in [0.15, 0.2) is 34.9 Å². The number of benzene rings is 1. The molecule has 6 heteroatoms. The van der Waals surface area contributed by atoms with Crippen LogP contribution in [0.4, 0.5) is 0 Å². The summed E-state index contributed by atoms with van der Waals surface area (Å²) in [5.41, 5.74) is 2.09. The minimum absolute atomic E-state index is 0.0650. The quantitative estimate of drug-likeness (QED) is 0.785.